The van der Waals surface area contributed by atoms with Gasteiger partial charge in [0.2, 0.25) is 0 Å². The molecule has 0 aliphatic rings. The van der Waals surface area contributed by atoms with E-state index in [0.717, 1.165) is 17.0 Å². The summed E-state index contributed by atoms with van der Waals surface area (Å²) in [5, 5.41) is 6.72. The van der Waals surface area contributed by atoms with Gasteiger partial charge >= 0.3 is 0 Å². The van der Waals surface area contributed by atoms with E-state index < -0.39 is 0 Å². The third kappa shape index (κ3) is 5.17. The van der Waals surface area contributed by atoms with E-state index in [4.69, 9.17) is 23.8 Å². The maximum atomic E-state index is 11.9. The molecule has 2 rings (SSSR count). The molecule has 0 spiro atoms. The van der Waals surface area contributed by atoms with Crippen molar-refractivity contribution in [2.45, 2.75) is 6.42 Å². The van der Waals surface area contributed by atoms with Crippen molar-refractivity contribution in [3.8, 4) is 0 Å². The van der Waals surface area contributed by atoms with Gasteiger partial charge in [-0.15, -0.1) is 0 Å². The first-order chi connectivity index (χ1) is 10.1. The van der Waals surface area contributed by atoms with Crippen molar-refractivity contribution >= 4 is 34.8 Å². The Morgan fingerprint density at radius 3 is 2.38 bits per heavy atom. The van der Waals surface area contributed by atoms with E-state index in [2.05, 4.69) is 10.6 Å². The molecule has 0 saturated heterocycles. The van der Waals surface area contributed by atoms with Crippen molar-refractivity contribution in [1.29, 1.82) is 0 Å². The minimum atomic E-state index is -0.209. The zero-order valence-electron chi connectivity index (χ0n) is 11.3. The molecule has 0 aliphatic carbocycles. The molecule has 5 heteroatoms. The second-order valence-corrected chi connectivity index (χ2v) is 5.30. The van der Waals surface area contributed by atoms with Gasteiger partial charge < -0.3 is 5.32 Å². The standard InChI is InChI=1S/C16H15ClN2OS/c17-14-8-6-12(7-9-14)10-11-18-16(21)19-15(20)13-4-2-1-3-5-13/h1-9H,10-11H2,(H2,18,19,20,21). The summed E-state index contributed by atoms with van der Waals surface area (Å²) < 4.78 is 0. The Balaban J connectivity index is 1.75. The molecule has 0 fully saturated rings. The van der Waals surface area contributed by atoms with Crippen LogP contribution in [0.15, 0.2) is 54.6 Å². The number of halogens is 1. The summed E-state index contributed by atoms with van der Waals surface area (Å²) in [4.78, 5) is 11.9. The van der Waals surface area contributed by atoms with Crippen LogP contribution in [0.4, 0.5) is 0 Å². The number of hydrogen-bond acceptors (Lipinski definition) is 2. The van der Waals surface area contributed by atoms with Gasteiger partial charge in [-0.25, -0.2) is 0 Å². The molecule has 0 saturated carbocycles. The first-order valence-corrected chi connectivity index (χ1v) is 7.32. The predicted molar refractivity (Wildman–Crippen MR) is 89.7 cm³/mol. The molecule has 0 radical (unpaired) electrons. The number of hydrogen-bond donors (Lipinski definition) is 2. The van der Waals surface area contributed by atoms with Crippen LogP contribution in [0.25, 0.3) is 0 Å². The fourth-order valence-corrected chi connectivity index (χ4v) is 2.10. The zero-order valence-corrected chi connectivity index (χ0v) is 12.9. The van der Waals surface area contributed by atoms with Gasteiger partial charge in [0.1, 0.15) is 0 Å². The summed E-state index contributed by atoms with van der Waals surface area (Å²) in [6.45, 7) is 0.648. The number of rotatable bonds is 4. The Morgan fingerprint density at radius 1 is 1.05 bits per heavy atom. The van der Waals surface area contributed by atoms with Crippen LogP contribution in [0.1, 0.15) is 15.9 Å². The van der Waals surface area contributed by atoms with Gasteiger partial charge in [0.05, 0.1) is 0 Å². The summed E-state index contributed by atoms with van der Waals surface area (Å²) in [5.74, 6) is -0.209. The third-order valence-corrected chi connectivity index (χ3v) is 3.37. The van der Waals surface area contributed by atoms with Crippen LogP contribution in [0.2, 0.25) is 5.02 Å². The van der Waals surface area contributed by atoms with E-state index in [0.29, 0.717) is 17.2 Å². The first kappa shape index (κ1) is 15.5. The SMILES string of the molecule is O=C(NC(=S)NCCc1ccc(Cl)cc1)c1ccccc1. The highest BCUT2D eigenvalue weighted by Crippen LogP contribution is 2.09. The molecule has 108 valence electrons. The highest BCUT2D eigenvalue weighted by Gasteiger charge is 2.06. The molecule has 0 aliphatic heterocycles. The number of amides is 1. The lowest BCUT2D eigenvalue weighted by Gasteiger charge is -2.09. The largest absolute Gasteiger partial charge is 0.362 e. The Morgan fingerprint density at radius 2 is 1.71 bits per heavy atom. The molecule has 2 N–H and O–H groups in total. The zero-order chi connectivity index (χ0) is 15.1. The fourth-order valence-electron chi connectivity index (χ4n) is 1.78. The Kier molecular flexibility index (Phi) is 5.72. The van der Waals surface area contributed by atoms with E-state index in [1.165, 1.54) is 0 Å². The summed E-state index contributed by atoms with van der Waals surface area (Å²) in [6.07, 6.45) is 0.804. The minimum Gasteiger partial charge on any atom is -0.362 e. The molecular formula is C16H15ClN2OS. The second kappa shape index (κ2) is 7.76. The van der Waals surface area contributed by atoms with Gasteiger partial charge in [-0.1, -0.05) is 41.9 Å². The molecule has 0 heterocycles. The molecule has 2 aromatic rings. The number of carbonyl (C=O) groups is 1. The smallest absolute Gasteiger partial charge is 0.257 e. The van der Waals surface area contributed by atoms with Gasteiger partial charge in [-0.05, 0) is 48.5 Å². The quantitative estimate of drug-likeness (QED) is 0.851. The van der Waals surface area contributed by atoms with Crippen molar-refractivity contribution in [1.82, 2.24) is 10.6 Å². The van der Waals surface area contributed by atoms with Crippen LogP contribution in [0.3, 0.4) is 0 Å². The normalized spacial score (nSPS) is 9.95. The van der Waals surface area contributed by atoms with Crippen molar-refractivity contribution in [2.24, 2.45) is 0 Å². The summed E-state index contributed by atoms with van der Waals surface area (Å²) in [5.41, 5.74) is 1.74. The van der Waals surface area contributed by atoms with Gasteiger partial charge in [-0.2, -0.15) is 0 Å². The lowest BCUT2D eigenvalue weighted by Crippen LogP contribution is -2.40. The molecule has 1 amide bonds. The van der Waals surface area contributed by atoms with E-state index >= 15 is 0 Å². The molecule has 0 bridgehead atoms. The van der Waals surface area contributed by atoms with Crippen molar-refractivity contribution in [3.63, 3.8) is 0 Å². The van der Waals surface area contributed by atoms with Crippen LogP contribution >= 0.6 is 23.8 Å². The van der Waals surface area contributed by atoms with Gasteiger partial charge in [-0.3, -0.25) is 10.1 Å². The lowest BCUT2D eigenvalue weighted by molar-refractivity contribution is 0.0976. The van der Waals surface area contributed by atoms with E-state index in [9.17, 15) is 4.79 Å². The van der Waals surface area contributed by atoms with Gasteiger partial charge in [0.15, 0.2) is 5.11 Å². The highest BCUT2D eigenvalue weighted by atomic mass is 35.5. The summed E-state index contributed by atoms with van der Waals surface area (Å²) in [7, 11) is 0. The molecule has 3 nitrogen and oxygen atoms in total. The first-order valence-electron chi connectivity index (χ1n) is 6.54. The number of carbonyl (C=O) groups excluding carboxylic acids is 1. The average molecular weight is 319 g/mol. The highest BCUT2D eigenvalue weighted by molar-refractivity contribution is 7.80. The van der Waals surface area contributed by atoms with Gasteiger partial charge in [0.25, 0.3) is 5.91 Å². The van der Waals surface area contributed by atoms with Gasteiger partial charge in [0, 0.05) is 17.1 Å². The number of benzene rings is 2. The van der Waals surface area contributed by atoms with Crippen molar-refractivity contribution in [2.75, 3.05) is 6.54 Å². The third-order valence-electron chi connectivity index (χ3n) is 2.88. The average Bonchev–Trinajstić information content (AvgIpc) is 2.50. The lowest BCUT2D eigenvalue weighted by atomic mass is 10.1. The maximum absolute atomic E-state index is 11.9. The number of nitrogens with one attached hydrogen (secondary N) is 2. The van der Waals surface area contributed by atoms with Crippen LogP contribution in [-0.2, 0) is 6.42 Å². The fraction of sp³-hybridized carbons (Fsp3) is 0.125. The van der Waals surface area contributed by atoms with E-state index in [1.54, 1.807) is 12.1 Å². The van der Waals surface area contributed by atoms with Crippen molar-refractivity contribution < 1.29 is 4.79 Å². The molecular weight excluding hydrogens is 304 g/mol. The summed E-state index contributed by atoms with van der Waals surface area (Å²) in [6, 6.07) is 16.6. The molecule has 2 aromatic carbocycles. The molecule has 0 unspecified atom stereocenters. The van der Waals surface area contributed by atoms with Crippen LogP contribution in [0, 0.1) is 0 Å². The monoisotopic (exact) mass is 318 g/mol. The van der Waals surface area contributed by atoms with Crippen LogP contribution in [-0.4, -0.2) is 17.6 Å². The Labute approximate surface area is 134 Å². The minimum absolute atomic E-state index is 0.209. The number of thiocarbonyl (C=S) groups is 1. The Bertz CT molecular complexity index is 614. The van der Waals surface area contributed by atoms with E-state index in [1.807, 2.05) is 42.5 Å². The molecule has 0 aromatic heterocycles. The molecule has 21 heavy (non-hydrogen) atoms. The molecule has 0 atom stereocenters. The Hall–Kier alpha value is -1.91. The van der Waals surface area contributed by atoms with Crippen molar-refractivity contribution in [3.05, 3.63) is 70.7 Å². The van der Waals surface area contributed by atoms with Crippen LogP contribution in [0.5, 0.6) is 0 Å². The van der Waals surface area contributed by atoms with E-state index in [-0.39, 0.29) is 5.91 Å². The second-order valence-electron chi connectivity index (χ2n) is 4.45. The summed E-state index contributed by atoms with van der Waals surface area (Å²) >= 11 is 10.9. The maximum Gasteiger partial charge on any atom is 0.257 e. The van der Waals surface area contributed by atoms with Crippen LogP contribution < -0.4 is 10.6 Å². The predicted octanol–water partition coefficient (Wildman–Crippen LogP) is 3.19. The topological polar surface area (TPSA) is 41.1 Å².